The summed E-state index contributed by atoms with van der Waals surface area (Å²) in [6.07, 6.45) is 1.97. The average molecular weight is 433 g/mol. The van der Waals surface area contributed by atoms with Crippen molar-refractivity contribution in [1.29, 1.82) is 0 Å². The van der Waals surface area contributed by atoms with Crippen molar-refractivity contribution in [2.24, 2.45) is 0 Å². The van der Waals surface area contributed by atoms with E-state index in [0.29, 0.717) is 12.5 Å². The number of aromatic nitrogens is 1. The lowest BCUT2D eigenvalue weighted by Gasteiger charge is -2.34. The first-order valence-electron chi connectivity index (χ1n) is 11.9. The molecule has 6 heteroatoms. The highest BCUT2D eigenvalue weighted by Gasteiger charge is 2.30. The Labute approximate surface area is 190 Å². The van der Waals surface area contributed by atoms with E-state index in [1.54, 1.807) is 4.90 Å². The van der Waals surface area contributed by atoms with Gasteiger partial charge in [-0.25, -0.2) is 4.98 Å². The molecule has 3 N–H and O–H groups in total. The third-order valence-corrected chi connectivity index (χ3v) is 7.05. The number of pyridine rings is 1. The van der Waals surface area contributed by atoms with E-state index >= 15 is 0 Å². The maximum Gasteiger partial charge on any atom is 0.278 e. The van der Waals surface area contributed by atoms with Crippen LogP contribution in [0.25, 0.3) is 10.8 Å². The molecule has 2 aliphatic heterocycles. The summed E-state index contributed by atoms with van der Waals surface area (Å²) in [5.41, 5.74) is 1.41. The Balaban J connectivity index is 1.09. The van der Waals surface area contributed by atoms with Crippen LogP contribution in [0, 0.1) is 0 Å². The van der Waals surface area contributed by atoms with E-state index in [-0.39, 0.29) is 0 Å². The lowest BCUT2D eigenvalue weighted by molar-refractivity contribution is -0.917. The van der Waals surface area contributed by atoms with Gasteiger partial charge in [-0.3, -0.25) is 9.69 Å². The Morgan fingerprint density at radius 2 is 1.53 bits per heavy atom. The first kappa shape index (κ1) is 20.9. The predicted molar refractivity (Wildman–Crippen MR) is 126 cm³/mol. The van der Waals surface area contributed by atoms with Crippen molar-refractivity contribution >= 4 is 22.5 Å². The number of hydrogen-bond donors (Lipinski definition) is 2. The van der Waals surface area contributed by atoms with Crippen molar-refractivity contribution in [3.8, 4) is 0 Å². The van der Waals surface area contributed by atoms with Gasteiger partial charge in [0.15, 0.2) is 6.54 Å². The molecule has 0 bridgehead atoms. The molecule has 5 rings (SSSR count). The minimum absolute atomic E-state index is 0.323. The number of rotatable bonds is 5. The van der Waals surface area contributed by atoms with Gasteiger partial charge < -0.3 is 14.7 Å². The van der Waals surface area contributed by atoms with Crippen molar-refractivity contribution in [3.05, 3.63) is 72.4 Å². The van der Waals surface area contributed by atoms with E-state index in [4.69, 9.17) is 0 Å². The largest absolute Gasteiger partial charge is 0.328 e. The van der Waals surface area contributed by atoms with Crippen LogP contribution in [0.5, 0.6) is 0 Å². The van der Waals surface area contributed by atoms with Crippen molar-refractivity contribution in [2.45, 2.75) is 6.54 Å². The van der Waals surface area contributed by atoms with Gasteiger partial charge in [-0.05, 0) is 16.8 Å². The van der Waals surface area contributed by atoms with E-state index in [9.17, 15) is 4.79 Å². The van der Waals surface area contributed by atoms with E-state index in [2.05, 4.69) is 69.4 Å². The third kappa shape index (κ3) is 4.76. The Kier molecular flexibility index (Phi) is 6.32. The van der Waals surface area contributed by atoms with Crippen LogP contribution in [-0.2, 0) is 11.3 Å². The fraction of sp³-hybridized carbons (Fsp3) is 0.385. The van der Waals surface area contributed by atoms with Gasteiger partial charge in [0.2, 0.25) is 0 Å². The molecule has 166 valence electrons. The SMILES string of the molecule is O=C(C[NH+]1CCN(c2cccc[nH+]2)CC1)N1CC[NH+](Cc2cccc3ccccc23)CC1. The Bertz CT molecular complexity index is 1040. The minimum Gasteiger partial charge on any atom is -0.328 e. The van der Waals surface area contributed by atoms with Crippen LogP contribution in [-0.4, -0.2) is 69.7 Å². The van der Waals surface area contributed by atoms with Crippen LogP contribution < -0.4 is 19.7 Å². The minimum atomic E-state index is 0.323. The number of nitrogens with zero attached hydrogens (tertiary/aromatic N) is 2. The highest BCUT2D eigenvalue weighted by Crippen LogP contribution is 2.17. The standard InChI is InChI=1S/C26H31N5O/c32-26(21-29-12-16-30(17-13-29)25-10-3-4-11-27-25)31-18-14-28(15-19-31)20-23-8-5-7-22-6-1-2-9-24(22)23/h1-11H,12-21H2/p+3. The third-order valence-electron chi connectivity index (χ3n) is 7.05. The number of carbonyl (C=O) groups is 1. The molecular formula is C26H34N5O+3. The number of H-pyrrole nitrogens is 1. The zero-order chi connectivity index (χ0) is 21.8. The number of aromatic amines is 1. The number of carbonyl (C=O) groups excluding carboxylic acids is 1. The summed E-state index contributed by atoms with van der Waals surface area (Å²) in [7, 11) is 0. The zero-order valence-corrected chi connectivity index (χ0v) is 18.7. The molecule has 0 aliphatic carbocycles. The molecule has 0 saturated carbocycles. The molecule has 0 spiro atoms. The average Bonchev–Trinajstić information content (AvgIpc) is 2.86. The molecule has 3 aromatic rings. The van der Waals surface area contributed by atoms with Crippen molar-refractivity contribution < 1.29 is 19.6 Å². The van der Waals surface area contributed by atoms with Crippen molar-refractivity contribution in [2.75, 3.05) is 63.8 Å². The Hall–Kier alpha value is -2.96. The van der Waals surface area contributed by atoms with Crippen LogP contribution in [0.3, 0.4) is 0 Å². The van der Waals surface area contributed by atoms with Gasteiger partial charge in [0.1, 0.15) is 32.7 Å². The van der Waals surface area contributed by atoms with Crippen molar-refractivity contribution in [3.63, 3.8) is 0 Å². The number of amides is 1. The molecule has 0 radical (unpaired) electrons. The fourth-order valence-corrected chi connectivity index (χ4v) is 5.11. The lowest BCUT2D eigenvalue weighted by atomic mass is 10.0. The molecule has 1 amide bonds. The highest BCUT2D eigenvalue weighted by molar-refractivity contribution is 5.85. The number of benzene rings is 2. The van der Waals surface area contributed by atoms with Crippen LogP contribution in [0.4, 0.5) is 5.82 Å². The number of fused-ring (bicyclic) bond motifs is 1. The second-order valence-electron chi connectivity index (χ2n) is 9.11. The van der Waals surface area contributed by atoms with Gasteiger partial charge in [0, 0.05) is 11.6 Å². The molecule has 2 aliphatic rings. The highest BCUT2D eigenvalue weighted by atomic mass is 16.2. The summed E-state index contributed by atoms with van der Waals surface area (Å²) in [5.74, 6) is 1.49. The van der Waals surface area contributed by atoms with Crippen LogP contribution in [0.15, 0.2) is 66.9 Å². The van der Waals surface area contributed by atoms with Crippen LogP contribution in [0.1, 0.15) is 5.56 Å². The summed E-state index contributed by atoms with van der Waals surface area (Å²) in [6.45, 7) is 9.48. The monoisotopic (exact) mass is 432 g/mol. The number of anilines is 1. The van der Waals surface area contributed by atoms with Gasteiger partial charge in [-0.1, -0.05) is 48.5 Å². The molecule has 6 nitrogen and oxygen atoms in total. The van der Waals surface area contributed by atoms with Gasteiger partial charge in [0.25, 0.3) is 11.7 Å². The van der Waals surface area contributed by atoms with Gasteiger partial charge in [-0.15, -0.1) is 0 Å². The Morgan fingerprint density at radius 1 is 0.812 bits per heavy atom. The number of nitrogens with one attached hydrogen (secondary N) is 3. The fourth-order valence-electron chi connectivity index (χ4n) is 5.11. The number of hydrogen-bond acceptors (Lipinski definition) is 2. The van der Waals surface area contributed by atoms with E-state index < -0.39 is 0 Å². The summed E-state index contributed by atoms with van der Waals surface area (Å²) < 4.78 is 0. The summed E-state index contributed by atoms with van der Waals surface area (Å²) >= 11 is 0. The van der Waals surface area contributed by atoms with Gasteiger partial charge >= 0.3 is 0 Å². The summed E-state index contributed by atoms with van der Waals surface area (Å²) in [5, 5.41) is 2.67. The van der Waals surface area contributed by atoms with Gasteiger partial charge in [0.05, 0.1) is 32.4 Å². The molecule has 1 aromatic heterocycles. The van der Waals surface area contributed by atoms with Crippen molar-refractivity contribution in [1.82, 2.24) is 4.90 Å². The quantitative estimate of drug-likeness (QED) is 0.560. The molecule has 0 unspecified atom stereocenters. The van der Waals surface area contributed by atoms with Crippen LogP contribution in [0.2, 0.25) is 0 Å². The molecule has 2 saturated heterocycles. The topological polar surface area (TPSA) is 46.6 Å². The first-order chi connectivity index (χ1) is 15.8. The molecule has 32 heavy (non-hydrogen) atoms. The normalized spacial score (nSPS) is 18.2. The smallest absolute Gasteiger partial charge is 0.278 e. The summed E-state index contributed by atoms with van der Waals surface area (Å²) in [4.78, 5) is 23.7. The summed E-state index contributed by atoms with van der Waals surface area (Å²) in [6, 6.07) is 21.4. The van der Waals surface area contributed by atoms with E-state index in [1.165, 1.54) is 27.1 Å². The molecular weight excluding hydrogens is 398 g/mol. The Morgan fingerprint density at radius 3 is 2.31 bits per heavy atom. The first-order valence-corrected chi connectivity index (χ1v) is 11.9. The second kappa shape index (κ2) is 9.67. The maximum atomic E-state index is 12.9. The van der Waals surface area contributed by atoms with E-state index in [0.717, 1.165) is 58.9 Å². The van der Waals surface area contributed by atoms with Gasteiger partial charge in [-0.2, -0.15) is 0 Å². The molecule has 2 fully saturated rings. The zero-order valence-electron chi connectivity index (χ0n) is 18.7. The predicted octanol–water partition coefficient (Wildman–Crippen LogP) is -0.714. The number of piperazine rings is 2. The van der Waals surface area contributed by atoms with Crippen LogP contribution >= 0.6 is 0 Å². The molecule has 0 atom stereocenters. The lowest BCUT2D eigenvalue weighted by Crippen LogP contribution is -3.16. The van der Waals surface area contributed by atoms with E-state index in [1.807, 2.05) is 12.3 Å². The maximum absolute atomic E-state index is 12.9. The molecule has 2 aromatic carbocycles. The second-order valence-corrected chi connectivity index (χ2v) is 9.11. The molecule has 3 heterocycles. The number of quaternary nitrogens is 2.